The number of methoxy groups -OCH3 is 1. The molecular weight excluding hydrogens is 330 g/mol. The highest BCUT2D eigenvalue weighted by Crippen LogP contribution is 2.28. The fourth-order valence-electron chi connectivity index (χ4n) is 1.60. The van der Waals surface area contributed by atoms with Crippen molar-refractivity contribution in [3.63, 3.8) is 0 Å². The van der Waals surface area contributed by atoms with E-state index in [0.717, 1.165) is 4.47 Å². The van der Waals surface area contributed by atoms with Crippen LogP contribution in [0.1, 0.15) is 10.4 Å². The summed E-state index contributed by atoms with van der Waals surface area (Å²) in [6.07, 6.45) is 0. The lowest BCUT2D eigenvalue weighted by atomic mass is 10.2. The number of amides is 1. The summed E-state index contributed by atoms with van der Waals surface area (Å²) < 4.78 is 6.02. The Morgan fingerprint density at radius 3 is 2.74 bits per heavy atom. The normalized spacial score (nSPS) is 10.1. The van der Waals surface area contributed by atoms with Crippen LogP contribution in [0.3, 0.4) is 0 Å². The van der Waals surface area contributed by atoms with Gasteiger partial charge >= 0.3 is 0 Å². The second-order valence-electron chi connectivity index (χ2n) is 3.81. The van der Waals surface area contributed by atoms with E-state index in [9.17, 15) is 4.79 Å². The summed E-state index contributed by atoms with van der Waals surface area (Å²) in [5.74, 6) is 0.342. The zero-order valence-corrected chi connectivity index (χ0v) is 12.5. The van der Waals surface area contributed by atoms with Gasteiger partial charge in [-0.25, -0.2) is 0 Å². The summed E-state index contributed by atoms with van der Waals surface area (Å²) >= 11 is 9.24. The van der Waals surface area contributed by atoms with E-state index in [2.05, 4.69) is 21.2 Å². The van der Waals surface area contributed by atoms with Crippen LogP contribution in [0, 0.1) is 0 Å². The maximum atomic E-state index is 12.1. The average molecular weight is 341 g/mol. The Labute approximate surface area is 124 Å². The van der Waals surface area contributed by atoms with Crippen LogP contribution in [-0.4, -0.2) is 13.0 Å². The number of anilines is 1. The summed E-state index contributed by atoms with van der Waals surface area (Å²) in [4.78, 5) is 12.1. The van der Waals surface area contributed by atoms with Gasteiger partial charge in [0.15, 0.2) is 0 Å². The number of benzene rings is 2. The van der Waals surface area contributed by atoms with Crippen molar-refractivity contribution in [1.82, 2.24) is 0 Å². The molecule has 0 aliphatic rings. The van der Waals surface area contributed by atoms with Crippen molar-refractivity contribution >= 4 is 39.1 Å². The van der Waals surface area contributed by atoms with Crippen LogP contribution in [0.15, 0.2) is 46.9 Å². The predicted octanol–water partition coefficient (Wildman–Crippen LogP) is 4.36. The van der Waals surface area contributed by atoms with E-state index >= 15 is 0 Å². The third-order valence-corrected chi connectivity index (χ3v) is 3.22. The number of hydrogen-bond acceptors (Lipinski definition) is 2. The molecule has 0 radical (unpaired) electrons. The van der Waals surface area contributed by atoms with E-state index in [1.807, 2.05) is 6.07 Å². The Kier molecular flexibility index (Phi) is 4.45. The van der Waals surface area contributed by atoms with Crippen molar-refractivity contribution in [2.75, 3.05) is 12.4 Å². The third-order valence-electron chi connectivity index (χ3n) is 2.50. The summed E-state index contributed by atoms with van der Waals surface area (Å²) in [6, 6.07) is 12.2. The van der Waals surface area contributed by atoms with Crippen LogP contribution in [-0.2, 0) is 0 Å². The molecule has 0 atom stereocenters. The molecule has 0 heterocycles. The molecular formula is C14H11BrClNO2. The molecule has 2 aromatic rings. The fourth-order valence-corrected chi connectivity index (χ4v) is 2.17. The first kappa shape index (κ1) is 13.9. The lowest BCUT2D eigenvalue weighted by Gasteiger charge is -2.10. The summed E-state index contributed by atoms with van der Waals surface area (Å²) in [5.41, 5.74) is 1.09. The second-order valence-corrected chi connectivity index (χ2v) is 5.16. The first-order chi connectivity index (χ1) is 9.10. The maximum absolute atomic E-state index is 12.1. The van der Waals surface area contributed by atoms with Crippen LogP contribution in [0.5, 0.6) is 5.75 Å². The molecule has 0 unspecified atom stereocenters. The summed E-state index contributed by atoms with van der Waals surface area (Å²) in [7, 11) is 1.54. The molecule has 2 aromatic carbocycles. The Morgan fingerprint density at radius 1 is 1.26 bits per heavy atom. The lowest BCUT2D eigenvalue weighted by molar-refractivity contribution is 0.102. The van der Waals surface area contributed by atoms with Crippen molar-refractivity contribution in [1.29, 1.82) is 0 Å². The van der Waals surface area contributed by atoms with Gasteiger partial charge < -0.3 is 10.1 Å². The van der Waals surface area contributed by atoms with Crippen molar-refractivity contribution < 1.29 is 9.53 Å². The molecule has 0 saturated heterocycles. The number of nitrogens with one attached hydrogen (secondary N) is 1. The minimum Gasteiger partial charge on any atom is -0.495 e. The molecule has 5 heteroatoms. The monoisotopic (exact) mass is 339 g/mol. The van der Waals surface area contributed by atoms with E-state index in [-0.39, 0.29) is 5.91 Å². The van der Waals surface area contributed by atoms with Crippen LogP contribution < -0.4 is 10.1 Å². The Morgan fingerprint density at radius 2 is 2.05 bits per heavy atom. The summed E-state index contributed by atoms with van der Waals surface area (Å²) in [6.45, 7) is 0. The highest BCUT2D eigenvalue weighted by atomic mass is 79.9. The highest BCUT2D eigenvalue weighted by Gasteiger charge is 2.10. The van der Waals surface area contributed by atoms with Crippen LogP contribution >= 0.6 is 27.5 Å². The number of rotatable bonds is 3. The molecule has 0 spiro atoms. The zero-order chi connectivity index (χ0) is 13.8. The highest BCUT2D eigenvalue weighted by molar-refractivity contribution is 9.10. The largest absolute Gasteiger partial charge is 0.495 e. The fraction of sp³-hybridized carbons (Fsp3) is 0.0714. The van der Waals surface area contributed by atoms with Gasteiger partial charge in [-0.1, -0.05) is 33.6 Å². The summed E-state index contributed by atoms with van der Waals surface area (Å²) in [5, 5.41) is 3.31. The van der Waals surface area contributed by atoms with Gasteiger partial charge in [0.2, 0.25) is 0 Å². The Hall–Kier alpha value is -1.52. The topological polar surface area (TPSA) is 38.3 Å². The first-order valence-electron chi connectivity index (χ1n) is 5.50. The number of carbonyl (C=O) groups excluding carboxylic acids is 1. The maximum Gasteiger partial charge on any atom is 0.255 e. The first-order valence-corrected chi connectivity index (χ1v) is 6.67. The van der Waals surface area contributed by atoms with Gasteiger partial charge in [-0.3, -0.25) is 4.79 Å². The predicted molar refractivity (Wildman–Crippen MR) is 80.1 cm³/mol. The number of hydrogen-bond donors (Lipinski definition) is 1. The third kappa shape index (κ3) is 3.49. The van der Waals surface area contributed by atoms with E-state index in [4.69, 9.17) is 16.3 Å². The molecule has 19 heavy (non-hydrogen) atoms. The molecule has 0 aliphatic heterocycles. The van der Waals surface area contributed by atoms with E-state index in [0.29, 0.717) is 22.0 Å². The average Bonchev–Trinajstić information content (AvgIpc) is 2.39. The molecule has 2 rings (SSSR count). The van der Waals surface area contributed by atoms with Gasteiger partial charge in [0.25, 0.3) is 5.91 Å². The standard InChI is InChI=1S/C14H11BrClNO2/c1-19-13-6-5-11(16)8-12(13)17-14(18)9-3-2-4-10(15)7-9/h2-8H,1H3,(H,17,18). The minimum absolute atomic E-state index is 0.220. The van der Waals surface area contributed by atoms with Gasteiger partial charge in [-0.15, -0.1) is 0 Å². The van der Waals surface area contributed by atoms with Crippen LogP contribution in [0.2, 0.25) is 5.02 Å². The van der Waals surface area contributed by atoms with Crippen LogP contribution in [0.25, 0.3) is 0 Å². The van der Waals surface area contributed by atoms with Crippen molar-refractivity contribution in [3.05, 3.63) is 57.5 Å². The quantitative estimate of drug-likeness (QED) is 0.901. The SMILES string of the molecule is COc1ccc(Cl)cc1NC(=O)c1cccc(Br)c1. The molecule has 1 N–H and O–H groups in total. The molecule has 0 fully saturated rings. The second kappa shape index (κ2) is 6.08. The molecule has 3 nitrogen and oxygen atoms in total. The molecule has 0 bridgehead atoms. The number of ether oxygens (including phenoxy) is 1. The van der Waals surface area contributed by atoms with E-state index in [1.165, 1.54) is 7.11 Å². The Balaban J connectivity index is 2.26. The zero-order valence-electron chi connectivity index (χ0n) is 10.1. The molecule has 1 amide bonds. The van der Waals surface area contributed by atoms with Crippen molar-refractivity contribution in [3.8, 4) is 5.75 Å². The van der Waals surface area contributed by atoms with Gasteiger partial charge in [-0.05, 0) is 36.4 Å². The molecule has 0 saturated carbocycles. The number of carbonyl (C=O) groups is 1. The van der Waals surface area contributed by atoms with Gasteiger partial charge in [0.05, 0.1) is 12.8 Å². The van der Waals surface area contributed by atoms with E-state index < -0.39 is 0 Å². The van der Waals surface area contributed by atoms with Gasteiger partial charge in [-0.2, -0.15) is 0 Å². The smallest absolute Gasteiger partial charge is 0.255 e. The van der Waals surface area contributed by atoms with Crippen molar-refractivity contribution in [2.45, 2.75) is 0 Å². The van der Waals surface area contributed by atoms with Gasteiger partial charge in [0, 0.05) is 15.1 Å². The van der Waals surface area contributed by atoms with Crippen LogP contribution in [0.4, 0.5) is 5.69 Å². The molecule has 0 aromatic heterocycles. The van der Waals surface area contributed by atoms with Gasteiger partial charge in [0.1, 0.15) is 5.75 Å². The Bertz CT molecular complexity index is 616. The van der Waals surface area contributed by atoms with E-state index in [1.54, 1.807) is 36.4 Å². The lowest BCUT2D eigenvalue weighted by Crippen LogP contribution is -2.12. The molecule has 98 valence electrons. The molecule has 0 aliphatic carbocycles. The minimum atomic E-state index is -0.220. The van der Waals surface area contributed by atoms with Crippen molar-refractivity contribution in [2.24, 2.45) is 0 Å². The number of halogens is 2.